The minimum Gasteiger partial charge on any atom is -0.491 e. The Kier molecular flexibility index (Phi) is 7.85. The highest BCUT2D eigenvalue weighted by molar-refractivity contribution is 7.21. The number of thiophene rings is 2. The molecule has 3 heterocycles. The average Bonchev–Trinajstić information content (AvgIpc) is 3.64. The number of ether oxygens (including phenoxy) is 5. The van der Waals surface area contributed by atoms with Crippen LogP contribution in [0.3, 0.4) is 0 Å². The fourth-order valence-corrected chi connectivity index (χ4v) is 6.89. The Morgan fingerprint density at radius 2 is 1.18 bits per heavy atom. The molecule has 8 heteroatoms. The summed E-state index contributed by atoms with van der Waals surface area (Å²) >= 11 is 3.46. The lowest BCUT2D eigenvalue weighted by atomic mass is 9.75. The molecule has 0 unspecified atom stereocenters. The molecule has 2 aromatic heterocycles. The van der Waals surface area contributed by atoms with Crippen molar-refractivity contribution in [1.82, 2.24) is 0 Å². The summed E-state index contributed by atoms with van der Waals surface area (Å²) in [5, 5.41) is 2.09. The molecule has 0 atom stereocenters. The third-order valence-electron chi connectivity index (χ3n) is 6.59. The topological polar surface area (TPSA) is 63.2 Å². The lowest BCUT2D eigenvalue weighted by molar-refractivity contribution is 0.00477. The Morgan fingerprint density at radius 1 is 0.605 bits per heavy atom. The van der Waals surface area contributed by atoms with Gasteiger partial charge in [0.25, 0.3) is 0 Å². The van der Waals surface area contributed by atoms with Crippen LogP contribution in [0.1, 0.15) is 37.8 Å². The fourth-order valence-electron chi connectivity index (χ4n) is 4.93. The van der Waals surface area contributed by atoms with Gasteiger partial charge in [0.1, 0.15) is 24.7 Å². The van der Waals surface area contributed by atoms with E-state index in [1.54, 1.807) is 22.7 Å². The zero-order valence-electron chi connectivity index (χ0n) is 20.9. The number of carbonyl (C=O) groups excluding carboxylic acids is 1. The second-order valence-corrected chi connectivity index (χ2v) is 11.0. The zero-order valence-corrected chi connectivity index (χ0v) is 22.5. The van der Waals surface area contributed by atoms with Crippen molar-refractivity contribution < 1.29 is 28.5 Å². The van der Waals surface area contributed by atoms with Gasteiger partial charge < -0.3 is 23.7 Å². The smallest absolute Gasteiger partial charge is 0.193 e. The molecule has 0 amide bonds. The molecule has 38 heavy (non-hydrogen) atoms. The van der Waals surface area contributed by atoms with Crippen molar-refractivity contribution in [1.29, 1.82) is 0 Å². The van der Waals surface area contributed by atoms with E-state index in [9.17, 15) is 4.79 Å². The Hall–Kier alpha value is -3.01. The van der Waals surface area contributed by atoms with Crippen LogP contribution in [0.15, 0.2) is 66.0 Å². The van der Waals surface area contributed by atoms with Crippen molar-refractivity contribution in [2.24, 2.45) is 0 Å². The SMILES string of the molecule is O=C1c2cccc3c2C(c2ccc(-c4cccs4)s2)c2c(cccc21)OCCOCCOCCOCCO3. The van der Waals surface area contributed by atoms with Crippen LogP contribution in [0, 0.1) is 0 Å². The molecule has 6 rings (SSSR count). The molecule has 196 valence electrons. The maximum atomic E-state index is 13.8. The predicted molar refractivity (Wildman–Crippen MR) is 148 cm³/mol. The monoisotopic (exact) mass is 548 g/mol. The van der Waals surface area contributed by atoms with E-state index >= 15 is 0 Å². The highest BCUT2D eigenvalue weighted by Crippen LogP contribution is 2.50. The van der Waals surface area contributed by atoms with Gasteiger partial charge in [0.15, 0.2) is 5.78 Å². The molecule has 1 aliphatic carbocycles. The normalized spacial score (nSPS) is 17.2. The van der Waals surface area contributed by atoms with E-state index in [2.05, 4.69) is 29.6 Å². The minimum atomic E-state index is -0.210. The van der Waals surface area contributed by atoms with Crippen molar-refractivity contribution in [2.75, 3.05) is 52.9 Å². The van der Waals surface area contributed by atoms with E-state index in [0.29, 0.717) is 75.5 Å². The van der Waals surface area contributed by atoms with E-state index < -0.39 is 0 Å². The zero-order chi connectivity index (χ0) is 25.7. The second-order valence-electron chi connectivity index (χ2n) is 8.91. The van der Waals surface area contributed by atoms with Crippen LogP contribution in [0.5, 0.6) is 11.5 Å². The summed E-state index contributed by atoms with van der Waals surface area (Å²) in [6, 6.07) is 20.0. The van der Waals surface area contributed by atoms with Gasteiger partial charge >= 0.3 is 0 Å². The molecule has 0 N–H and O–H groups in total. The molecule has 2 aliphatic rings. The van der Waals surface area contributed by atoms with Gasteiger partial charge in [-0.25, -0.2) is 0 Å². The molecule has 6 nitrogen and oxygen atoms in total. The van der Waals surface area contributed by atoms with Gasteiger partial charge in [-0.05, 0) is 35.7 Å². The molecule has 0 fully saturated rings. The third-order valence-corrected chi connectivity index (χ3v) is 8.80. The minimum absolute atomic E-state index is 0.0174. The van der Waals surface area contributed by atoms with E-state index in [1.807, 2.05) is 36.4 Å². The Balaban J connectivity index is 1.46. The highest BCUT2D eigenvalue weighted by Gasteiger charge is 2.37. The van der Waals surface area contributed by atoms with E-state index in [0.717, 1.165) is 16.0 Å². The Labute approximate surface area is 229 Å². The first-order chi connectivity index (χ1) is 18.8. The summed E-state index contributed by atoms with van der Waals surface area (Å²) in [6.07, 6.45) is 0. The summed E-state index contributed by atoms with van der Waals surface area (Å²) in [7, 11) is 0. The van der Waals surface area contributed by atoms with Crippen LogP contribution in [-0.4, -0.2) is 58.6 Å². The maximum Gasteiger partial charge on any atom is 0.193 e. The molecule has 2 bridgehead atoms. The lowest BCUT2D eigenvalue weighted by Crippen LogP contribution is -2.23. The number of hydrogen-bond donors (Lipinski definition) is 0. The van der Waals surface area contributed by atoms with Crippen molar-refractivity contribution in [2.45, 2.75) is 5.92 Å². The molecule has 2 aromatic carbocycles. The quantitative estimate of drug-likeness (QED) is 0.269. The van der Waals surface area contributed by atoms with Crippen molar-refractivity contribution in [3.05, 3.63) is 93.2 Å². The van der Waals surface area contributed by atoms with Crippen LogP contribution in [0.4, 0.5) is 0 Å². The summed E-state index contributed by atoms with van der Waals surface area (Å²) < 4.78 is 29.5. The summed E-state index contributed by atoms with van der Waals surface area (Å²) in [4.78, 5) is 17.4. The Bertz CT molecular complexity index is 1330. The molecule has 1 aliphatic heterocycles. The van der Waals surface area contributed by atoms with Crippen molar-refractivity contribution in [3.63, 3.8) is 0 Å². The number of hydrogen-bond acceptors (Lipinski definition) is 8. The number of ketones is 1. The van der Waals surface area contributed by atoms with Gasteiger partial charge in [0.2, 0.25) is 0 Å². The highest BCUT2D eigenvalue weighted by atomic mass is 32.1. The molecule has 0 saturated carbocycles. The van der Waals surface area contributed by atoms with Crippen LogP contribution in [0.2, 0.25) is 0 Å². The first kappa shape index (κ1) is 25.3. The molecule has 0 saturated heterocycles. The standard InChI is InChI=1S/C30H28O6S2/c31-30-20-4-1-6-22-27(20)29(26-10-9-25(38-26)24-8-3-19-37-24)28-21(30)5-2-7-23(28)36-18-16-34-14-12-32-11-13-33-15-17-35-22/h1-10,19,29H,11-18H2. The third kappa shape index (κ3) is 5.15. The van der Waals surface area contributed by atoms with E-state index in [4.69, 9.17) is 23.7 Å². The van der Waals surface area contributed by atoms with Gasteiger partial charge in [0, 0.05) is 36.9 Å². The second kappa shape index (κ2) is 11.8. The lowest BCUT2D eigenvalue weighted by Gasteiger charge is -2.30. The predicted octanol–water partition coefficient (Wildman–Crippen LogP) is 6.02. The fraction of sp³-hybridized carbons (Fsp3) is 0.300. The number of rotatable bonds is 2. The van der Waals surface area contributed by atoms with Crippen LogP contribution >= 0.6 is 22.7 Å². The molecular formula is C30H28O6S2. The van der Waals surface area contributed by atoms with Crippen molar-refractivity contribution >= 4 is 28.5 Å². The van der Waals surface area contributed by atoms with Crippen molar-refractivity contribution in [3.8, 4) is 21.3 Å². The largest absolute Gasteiger partial charge is 0.491 e. The van der Waals surface area contributed by atoms with Gasteiger partial charge in [-0.2, -0.15) is 0 Å². The molecule has 0 spiro atoms. The molecule has 0 radical (unpaired) electrons. The van der Waals surface area contributed by atoms with Crippen LogP contribution < -0.4 is 9.47 Å². The summed E-state index contributed by atoms with van der Waals surface area (Å²) in [5.74, 6) is 1.16. The maximum absolute atomic E-state index is 13.8. The summed E-state index contributed by atoms with van der Waals surface area (Å²) in [5.41, 5.74) is 3.08. The molecule has 4 aromatic rings. The van der Waals surface area contributed by atoms with Gasteiger partial charge in [-0.3, -0.25) is 4.79 Å². The number of carbonyl (C=O) groups is 1. The Morgan fingerprint density at radius 3 is 1.74 bits per heavy atom. The van der Waals surface area contributed by atoms with Crippen LogP contribution in [-0.2, 0) is 14.2 Å². The number of benzene rings is 2. The molecular weight excluding hydrogens is 520 g/mol. The van der Waals surface area contributed by atoms with E-state index in [1.165, 1.54) is 9.75 Å². The van der Waals surface area contributed by atoms with Crippen LogP contribution in [0.25, 0.3) is 9.75 Å². The average molecular weight is 549 g/mol. The summed E-state index contributed by atoms with van der Waals surface area (Å²) in [6.45, 7) is 3.56. The van der Waals surface area contributed by atoms with Gasteiger partial charge in [-0.15, -0.1) is 22.7 Å². The first-order valence-corrected chi connectivity index (χ1v) is 14.4. The first-order valence-electron chi connectivity index (χ1n) is 12.7. The van der Waals surface area contributed by atoms with E-state index in [-0.39, 0.29) is 11.7 Å². The van der Waals surface area contributed by atoms with Gasteiger partial charge in [0.05, 0.1) is 45.6 Å². The van der Waals surface area contributed by atoms with Gasteiger partial charge in [-0.1, -0.05) is 30.3 Å².